The van der Waals surface area contributed by atoms with Crippen molar-refractivity contribution in [3.63, 3.8) is 0 Å². The van der Waals surface area contributed by atoms with Crippen molar-refractivity contribution in [2.75, 3.05) is 39.9 Å². The van der Waals surface area contributed by atoms with E-state index in [4.69, 9.17) is 4.74 Å². The molecular weight excluding hydrogens is 356 g/mol. The van der Waals surface area contributed by atoms with Gasteiger partial charge in [0.05, 0.1) is 23.8 Å². The van der Waals surface area contributed by atoms with Crippen LogP contribution in [0.3, 0.4) is 0 Å². The fraction of sp³-hybridized carbons (Fsp3) is 0.412. The van der Waals surface area contributed by atoms with E-state index in [9.17, 15) is 13.2 Å². The van der Waals surface area contributed by atoms with Crippen molar-refractivity contribution < 1.29 is 17.9 Å². The highest BCUT2D eigenvalue weighted by Gasteiger charge is 2.26. The molecule has 0 unspecified atom stereocenters. The molecule has 2 heterocycles. The summed E-state index contributed by atoms with van der Waals surface area (Å²) in [5.41, 5.74) is 1.36. The maximum absolute atomic E-state index is 12.6. The van der Waals surface area contributed by atoms with Gasteiger partial charge in [-0.3, -0.25) is 4.57 Å². The minimum atomic E-state index is -3.52. The van der Waals surface area contributed by atoms with Crippen LogP contribution in [-0.4, -0.2) is 73.1 Å². The molecule has 26 heavy (non-hydrogen) atoms. The van der Waals surface area contributed by atoms with Gasteiger partial charge in [0.2, 0.25) is 10.0 Å². The van der Waals surface area contributed by atoms with Gasteiger partial charge in [-0.25, -0.2) is 18.2 Å². The Morgan fingerprint density at radius 2 is 1.88 bits per heavy atom. The molecule has 9 heteroatoms. The number of carbonyl (C=O) groups is 1. The Balaban J connectivity index is 1.80. The minimum absolute atomic E-state index is 0.169. The van der Waals surface area contributed by atoms with E-state index in [1.165, 1.54) is 15.2 Å². The first-order valence-corrected chi connectivity index (χ1v) is 9.85. The molecule has 0 spiro atoms. The van der Waals surface area contributed by atoms with Crippen LogP contribution in [0.25, 0.3) is 11.3 Å². The van der Waals surface area contributed by atoms with Crippen LogP contribution in [0.15, 0.2) is 41.7 Å². The van der Waals surface area contributed by atoms with Crippen molar-refractivity contribution in [3.8, 4) is 11.3 Å². The Hall–Kier alpha value is -2.23. The van der Waals surface area contributed by atoms with E-state index in [2.05, 4.69) is 4.98 Å². The van der Waals surface area contributed by atoms with Crippen LogP contribution < -0.4 is 0 Å². The zero-order chi connectivity index (χ0) is 18.7. The van der Waals surface area contributed by atoms with Crippen molar-refractivity contribution >= 4 is 16.1 Å². The van der Waals surface area contributed by atoms with Gasteiger partial charge in [0.15, 0.2) is 0 Å². The van der Waals surface area contributed by atoms with E-state index in [0.717, 1.165) is 5.56 Å². The largest absolute Gasteiger partial charge is 0.379 e. The molecule has 140 valence electrons. The average Bonchev–Trinajstić information content (AvgIpc) is 3.17. The van der Waals surface area contributed by atoms with E-state index in [1.807, 2.05) is 6.92 Å². The number of imidazole rings is 1. The number of amides is 1. The zero-order valence-electron chi connectivity index (χ0n) is 14.8. The van der Waals surface area contributed by atoms with Crippen LogP contribution in [0.4, 0.5) is 4.79 Å². The van der Waals surface area contributed by atoms with Gasteiger partial charge >= 0.3 is 6.03 Å². The van der Waals surface area contributed by atoms with E-state index in [0.29, 0.717) is 38.5 Å². The Morgan fingerprint density at radius 1 is 1.23 bits per heavy atom. The molecule has 0 atom stereocenters. The number of benzene rings is 1. The topological polar surface area (TPSA) is 84.7 Å². The van der Waals surface area contributed by atoms with E-state index >= 15 is 0 Å². The fourth-order valence-corrected chi connectivity index (χ4v) is 4.05. The van der Waals surface area contributed by atoms with E-state index in [1.54, 1.807) is 42.4 Å². The standard InChI is InChI=1S/C17H22N4O4S/c1-3-19(2)17(22)20-12-16(18-13-20)14-4-6-15(7-5-14)26(23,24)21-8-10-25-11-9-21/h4-7,12-13H,3,8-11H2,1-2H3. The number of sulfonamides is 1. The van der Waals surface area contributed by atoms with Crippen LogP contribution in [0.1, 0.15) is 6.92 Å². The van der Waals surface area contributed by atoms with Crippen LogP contribution in [0, 0.1) is 0 Å². The molecule has 2 aromatic rings. The molecule has 1 fully saturated rings. The Labute approximate surface area is 153 Å². The molecule has 8 nitrogen and oxygen atoms in total. The highest BCUT2D eigenvalue weighted by Crippen LogP contribution is 2.22. The van der Waals surface area contributed by atoms with Crippen molar-refractivity contribution in [1.29, 1.82) is 0 Å². The lowest BCUT2D eigenvalue weighted by molar-refractivity contribution is 0.0730. The van der Waals surface area contributed by atoms with Crippen molar-refractivity contribution in [1.82, 2.24) is 18.8 Å². The molecule has 0 radical (unpaired) electrons. The number of carbonyl (C=O) groups excluding carboxylic acids is 1. The molecule has 1 aromatic heterocycles. The Bertz CT molecular complexity index is 870. The molecule has 1 amide bonds. The number of hydrogen-bond donors (Lipinski definition) is 0. The van der Waals surface area contributed by atoms with Crippen molar-refractivity contribution in [2.24, 2.45) is 0 Å². The van der Waals surface area contributed by atoms with Crippen LogP contribution in [-0.2, 0) is 14.8 Å². The quantitative estimate of drug-likeness (QED) is 0.805. The number of rotatable bonds is 4. The van der Waals surface area contributed by atoms with Crippen LogP contribution >= 0.6 is 0 Å². The third-order valence-electron chi connectivity index (χ3n) is 4.36. The minimum Gasteiger partial charge on any atom is -0.379 e. The molecule has 0 aliphatic carbocycles. The average molecular weight is 378 g/mol. The molecule has 1 aliphatic rings. The van der Waals surface area contributed by atoms with Crippen molar-refractivity contribution in [2.45, 2.75) is 11.8 Å². The number of morpholine rings is 1. The smallest absolute Gasteiger partial charge is 0.329 e. The van der Waals surface area contributed by atoms with Gasteiger partial charge in [-0.05, 0) is 19.1 Å². The summed E-state index contributed by atoms with van der Waals surface area (Å²) < 4.78 is 33.3. The fourth-order valence-electron chi connectivity index (χ4n) is 2.64. The van der Waals surface area contributed by atoms with Gasteiger partial charge in [-0.1, -0.05) is 12.1 Å². The third kappa shape index (κ3) is 3.64. The zero-order valence-corrected chi connectivity index (χ0v) is 15.6. The lowest BCUT2D eigenvalue weighted by Gasteiger charge is -2.26. The highest BCUT2D eigenvalue weighted by molar-refractivity contribution is 7.89. The Morgan fingerprint density at radius 3 is 2.50 bits per heavy atom. The van der Waals surface area contributed by atoms with Gasteiger partial charge in [-0.15, -0.1) is 0 Å². The molecular formula is C17H22N4O4S. The van der Waals surface area contributed by atoms with Gasteiger partial charge in [-0.2, -0.15) is 4.31 Å². The highest BCUT2D eigenvalue weighted by atomic mass is 32.2. The number of hydrogen-bond acceptors (Lipinski definition) is 5. The molecule has 1 aromatic carbocycles. The van der Waals surface area contributed by atoms with E-state index in [-0.39, 0.29) is 10.9 Å². The summed E-state index contributed by atoms with van der Waals surface area (Å²) in [7, 11) is -1.80. The molecule has 0 N–H and O–H groups in total. The second-order valence-corrected chi connectivity index (χ2v) is 7.94. The summed E-state index contributed by atoms with van der Waals surface area (Å²) in [6.07, 6.45) is 3.10. The number of aromatic nitrogens is 2. The second-order valence-electron chi connectivity index (χ2n) is 6.00. The van der Waals surface area contributed by atoms with E-state index < -0.39 is 10.0 Å². The lowest BCUT2D eigenvalue weighted by Crippen LogP contribution is -2.40. The van der Waals surface area contributed by atoms with Gasteiger partial charge in [0.25, 0.3) is 0 Å². The normalized spacial score (nSPS) is 15.8. The SMILES string of the molecule is CCN(C)C(=O)n1cnc(-c2ccc(S(=O)(=O)N3CCOCC3)cc2)c1. The van der Waals surface area contributed by atoms with Crippen LogP contribution in [0.2, 0.25) is 0 Å². The Kier molecular flexibility index (Phi) is 5.40. The lowest BCUT2D eigenvalue weighted by atomic mass is 10.2. The monoisotopic (exact) mass is 378 g/mol. The summed E-state index contributed by atoms with van der Waals surface area (Å²) >= 11 is 0. The maximum Gasteiger partial charge on any atom is 0.329 e. The summed E-state index contributed by atoms with van der Waals surface area (Å²) in [4.78, 5) is 18.2. The summed E-state index contributed by atoms with van der Waals surface area (Å²) in [5, 5.41) is 0. The first-order valence-electron chi connectivity index (χ1n) is 8.41. The van der Waals surface area contributed by atoms with Crippen LogP contribution in [0.5, 0.6) is 0 Å². The van der Waals surface area contributed by atoms with Gasteiger partial charge < -0.3 is 9.64 Å². The predicted octanol–water partition coefficient (Wildman–Crippen LogP) is 1.49. The second kappa shape index (κ2) is 7.56. The summed E-state index contributed by atoms with van der Waals surface area (Å²) in [6.45, 7) is 4.04. The number of ether oxygens (including phenoxy) is 1. The molecule has 1 saturated heterocycles. The first-order chi connectivity index (χ1) is 12.4. The molecule has 0 saturated carbocycles. The molecule has 0 bridgehead atoms. The summed E-state index contributed by atoms with van der Waals surface area (Å²) in [6, 6.07) is 6.37. The first kappa shape index (κ1) is 18.6. The van der Waals surface area contributed by atoms with Gasteiger partial charge in [0.1, 0.15) is 6.33 Å². The molecule has 1 aliphatic heterocycles. The third-order valence-corrected chi connectivity index (χ3v) is 6.28. The maximum atomic E-state index is 12.6. The summed E-state index contributed by atoms with van der Waals surface area (Å²) in [5.74, 6) is 0. The van der Waals surface area contributed by atoms with Crippen molar-refractivity contribution in [3.05, 3.63) is 36.8 Å². The predicted molar refractivity (Wildman–Crippen MR) is 96.3 cm³/mol. The molecule has 3 rings (SSSR count). The number of nitrogens with zero attached hydrogens (tertiary/aromatic N) is 4. The van der Waals surface area contributed by atoms with Gasteiger partial charge in [0, 0.05) is 38.4 Å².